The van der Waals surface area contributed by atoms with Gasteiger partial charge in [0.25, 0.3) is 0 Å². The first-order chi connectivity index (χ1) is 26.5. The number of ether oxygens (including phenoxy) is 1. The van der Waals surface area contributed by atoms with Crippen molar-refractivity contribution in [2.24, 2.45) is 0 Å². The first kappa shape index (κ1) is 30.9. The fraction of sp³-hybridized carbons (Fsp3) is 0.0769. The molecule has 0 unspecified atom stereocenters. The fourth-order valence-electron chi connectivity index (χ4n) is 9.89. The van der Waals surface area contributed by atoms with Crippen molar-refractivity contribution >= 4 is 17.1 Å². The maximum Gasteiger partial charge on any atom is 0.132 e. The van der Waals surface area contributed by atoms with Crippen LogP contribution in [0.1, 0.15) is 47.2 Å². The van der Waals surface area contributed by atoms with Crippen molar-refractivity contribution in [3.8, 4) is 44.9 Å². The number of nitrogens with zero attached hydrogens (tertiary/aromatic N) is 1. The van der Waals surface area contributed by atoms with Gasteiger partial charge < -0.3 is 9.64 Å². The molecule has 0 radical (unpaired) electrons. The molecule has 11 rings (SSSR count). The lowest BCUT2D eigenvalue weighted by molar-refractivity contribution is 0.436. The molecule has 0 bridgehead atoms. The van der Waals surface area contributed by atoms with Gasteiger partial charge in [-0.1, -0.05) is 153 Å². The van der Waals surface area contributed by atoms with Gasteiger partial charge >= 0.3 is 0 Å². The Balaban J connectivity index is 1.09. The second-order valence-corrected chi connectivity index (χ2v) is 15.2. The molecule has 0 N–H and O–H groups in total. The summed E-state index contributed by atoms with van der Waals surface area (Å²) in [5.41, 5.74) is 18.1. The highest BCUT2D eigenvalue weighted by molar-refractivity contribution is 5.91. The summed E-state index contributed by atoms with van der Waals surface area (Å²) in [6.07, 6.45) is 0. The Labute approximate surface area is 316 Å². The van der Waals surface area contributed by atoms with Crippen molar-refractivity contribution in [2.45, 2.75) is 24.7 Å². The van der Waals surface area contributed by atoms with E-state index in [-0.39, 0.29) is 5.41 Å². The maximum absolute atomic E-state index is 6.76. The van der Waals surface area contributed by atoms with Crippen LogP contribution in [0.15, 0.2) is 188 Å². The molecule has 0 saturated heterocycles. The average Bonchev–Trinajstić information content (AvgIpc) is 3.65. The molecule has 256 valence electrons. The molecule has 54 heavy (non-hydrogen) atoms. The predicted molar refractivity (Wildman–Crippen MR) is 222 cm³/mol. The monoisotopic (exact) mass is 691 g/mol. The van der Waals surface area contributed by atoms with Crippen LogP contribution in [-0.4, -0.2) is 0 Å². The first-order valence-corrected chi connectivity index (χ1v) is 18.9. The zero-order valence-electron chi connectivity index (χ0n) is 30.3. The van der Waals surface area contributed by atoms with Gasteiger partial charge in [0.1, 0.15) is 11.5 Å². The normalized spacial score (nSPS) is 14.6. The van der Waals surface area contributed by atoms with Gasteiger partial charge in [0.2, 0.25) is 0 Å². The van der Waals surface area contributed by atoms with Crippen molar-refractivity contribution in [1.82, 2.24) is 0 Å². The molecule has 0 fully saturated rings. The minimum Gasteiger partial charge on any atom is -0.457 e. The molecule has 0 aromatic heterocycles. The number of anilines is 3. The molecule has 0 saturated carbocycles. The van der Waals surface area contributed by atoms with Gasteiger partial charge in [0.15, 0.2) is 0 Å². The summed E-state index contributed by atoms with van der Waals surface area (Å²) in [7, 11) is 0. The molecule has 1 spiro atoms. The second kappa shape index (κ2) is 11.4. The zero-order chi connectivity index (χ0) is 36.0. The van der Waals surface area contributed by atoms with E-state index in [0.717, 1.165) is 34.1 Å². The van der Waals surface area contributed by atoms with Crippen molar-refractivity contribution < 1.29 is 4.74 Å². The number of hydrogen-bond acceptors (Lipinski definition) is 2. The Bertz CT molecular complexity index is 2730. The number of para-hydroxylation sites is 2. The van der Waals surface area contributed by atoms with Crippen LogP contribution in [-0.2, 0) is 10.8 Å². The van der Waals surface area contributed by atoms with E-state index in [4.69, 9.17) is 4.74 Å². The molecule has 1 aliphatic heterocycles. The Hall–Kier alpha value is -6.64. The molecule has 0 atom stereocenters. The predicted octanol–water partition coefficient (Wildman–Crippen LogP) is 13.6. The van der Waals surface area contributed by atoms with Crippen LogP contribution in [0.2, 0.25) is 0 Å². The van der Waals surface area contributed by atoms with Gasteiger partial charge in [-0.3, -0.25) is 0 Å². The minimum atomic E-state index is -0.530. The van der Waals surface area contributed by atoms with Crippen LogP contribution in [0.5, 0.6) is 11.5 Å². The topological polar surface area (TPSA) is 12.5 Å². The highest BCUT2D eigenvalue weighted by Crippen LogP contribution is 2.62. The number of fused-ring (bicyclic) bond motifs is 12. The van der Waals surface area contributed by atoms with E-state index in [9.17, 15) is 0 Å². The average molecular weight is 692 g/mol. The molecule has 2 heteroatoms. The number of rotatable bonds is 4. The van der Waals surface area contributed by atoms with Crippen LogP contribution < -0.4 is 9.64 Å². The minimum absolute atomic E-state index is 0.0888. The van der Waals surface area contributed by atoms with E-state index in [1.54, 1.807) is 0 Å². The molecule has 8 aromatic carbocycles. The third-order valence-electron chi connectivity index (χ3n) is 12.1. The van der Waals surface area contributed by atoms with E-state index < -0.39 is 5.41 Å². The zero-order valence-corrected chi connectivity index (χ0v) is 30.3. The van der Waals surface area contributed by atoms with Crippen molar-refractivity contribution in [3.05, 3.63) is 221 Å². The van der Waals surface area contributed by atoms with Gasteiger partial charge in [-0.05, 0) is 104 Å². The van der Waals surface area contributed by atoms with Crippen molar-refractivity contribution in [3.63, 3.8) is 0 Å². The smallest absolute Gasteiger partial charge is 0.132 e. The van der Waals surface area contributed by atoms with Crippen molar-refractivity contribution in [1.29, 1.82) is 0 Å². The fourth-order valence-corrected chi connectivity index (χ4v) is 9.89. The highest BCUT2D eigenvalue weighted by Gasteiger charge is 2.51. The van der Waals surface area contributed by atoms with E-state index in [0.29, 0.717) is 0 Å². The van der Waals surface area contributed by atoms with Crippen LogP contribution in [0.4, 0.5) is 17.1 Å². The maximum atomic E-state index is 6.76. The molecule has 3 aliphatic rings. The SMILES string of the molecule is CC1(C)c2ccccc2-c2cccc(-c3ccc(N(c4ccccc4)c4ccc5c(c4)C4(c6ccccc6O5)c5ccccc5-c5ccccc54)cc3)c21. The molecular weight excluding hydrogens is 655 g/mol. The van der Waals surface area contributed by atoms with Gasteiger partial charge in [-0.25, -0.2) is 0 Å². The summed E-state index contributed by atoms with van der Waals surface area (Å²) in [6, 6.07) is 68.6. The largest absolute Gasteiger partial charge is 0.457 e. The summed E-state index contributed by atoms with van der Waals surface area (Å²) in [4.78, 5) is 2.38. The molecule has 1 heterocycles. The van der Waals surface area contributed by atoms with E-state index in [1.807, 2.05) is 0 Å². The van der Waals surface area contributed by atoms with E-state index >= 15 is 0 Å². The Kier molecular flexibility index (Phi) is 6.55. The Morgan fingerprint density at radius 2 is 0.870 bits per heavy atom. The molecule has 8 aromatic rings. The standard InChI is InChI=1S/C52H37NO/c1-51(2)43-22-9-6-19-41(43)42-21-14-20-38(50(42)51)34-27-29-36(30-28-34)53(35-15-4-3-5-16-35)37-31-32-49-47(33-37)52(46-25-12-13-26-48(46)54-49)44-23-10-7-17-39(44)40-18-8-11-24-45(40)52/h3-33H,1-2H3. The highest BCUT2D eigenvalue weighted by atomic mass is 16.5. The molecular formula is C52H37NO. The molecule has 2 nitrogen and oxygen atoms in total. The van der Waals surface area contributed by atoms with Crippen LogP contribution >= 0.6 is 0 Å². The van der Waals surface area contributed by atoms with E-state index in [2.05, 4.69) is 207 Å². The molecule has 2 aliphatic carbocycles. The van der Waals surface area contributed by atoms with Crippen LogP contribution in [0, 0.1) is 0 Å². The lowest BCUT2D eigenvalue weighted by atomic mass is 9.66. The third kappa shape index (κ3) is 4.17. The number of benzene rings is 8. The Morgan fingerprint density at radius 1 is 0.370 bits per heavy atom. The quantitative estimate of drug-likeness (QED) is 0.182. The second-order valence-electron chi connectivity index (χ2n) is 15.2. The number of hydrogen-bond donors (Lipinski definition) is 0. The summed E-state index contributed by atoms with van der Waals surface area (Å²) in [5.74, 6) is 1.78. The summed E-state index contributed by atoms with van der Waals surface area (Å²) >= 11 is 0. The lowest BCUT2D eigenvalue weighted by Gasteiger charge is -2.40. The van der Waals surface area contributed by atoms with Gasteiger partial charge in [-0.2, -0.15) is 0 Å². The Morgan fingerprint density at radius 3 is 1.57 bits per heavy atom. The van der Waals surface area contributed by atoms with Gasteiger partial charge in [0.05, 0.1) is 5.41 Å². The van der Waals surface area contributed by atoms with Crippen LogP contribution in [0.3, 0.4) is 0 Å². The van der Waals surface area contributed by atoms with E-state index in [1.165, 1.54) is 61.2 Å². The third-order valence-corrected chi connectivity index (χ3v) is 12.1. The summed E-state index contributed by atoms with van der Waals surface area (Å²) in [5, 5.41) is 0. The lowest BCUT2D eigenvalue weighted by Crippen LogP contribution is -2.32. The molecule has 0 amide bonds. The van der Waals surface area contributed by atoms with Crippen molar-refractivity contribution in [2.75, 3.05) is 4.90 Å². The van der Waals surface area contributed by atoms with Gasteiger partial charge in [0, 0.05) is 33.6 Å². The van der Waals surface area contributed by atoms with Crippen LogP contribution in [0.25, 0.3) is 33.4 Å². The van der Waals surface area contributed by atoms with Gasteiger partial charge in [-0.15, -0.1) is 0 Å². The summed E-state index contributed by atoms with van der Waals surface area (Å²) < 4.78 is 6.76. The summed E-state index contributed by atoms with van der Waals surface area (Å²) in [6.45, 7) is 4.72. The first-order valence-electron chi connectivity index (χ1n) is 18.9.